The Balaban J connectivity index is 1.38. The van der Waals surface area contributed by atoms with Gasteiger partial charge in [0.25, 0.3) is 0 Å². The normalized spacial score (nSPS) is 22.6. The molecule has 0 bridgehead atoms. The van der Waals surface area contributed by atoms with Crippen LogP contribution in [-0.4, -0.2) is 49.9 Å². The molecular weight excluding hydrogens is 416 g/mol. The fourth-order valence-corrected chi connectivity index (χ4v) is 5.42. The van der Waals surface area contributed by atoms with Crippen molar-refractivity contribution in [3.05, 3.63) is 24.3 Å². The van der Waals surface area contributed by atoms with Gasteiger partial charge in [0.1, 0.15) is 11.2 Å². The Morgan fingerprint density at radius 2 is 2.06 bits per heavy atom. The van der Waals surface area contributed by atoms with E-state index in [4.69, 9.17) is 20.8 Å². The van der Waals surface area contributed by atoms with Gasteiger partial charge in [-0.3, -0.25) is 4.90 Å². The van der Waals surface area contributed by atoms with Gasteiger partial charge in [0.15, 0.2) is 18.3 Å². The first-order chi connectivity index (χ1) is 16.2. The van der Waals surface area contributed by atoms with Crippen LogP contribution in [0.5, 0.6) is 0 Å². The monoisotopic (exact) mass is 448 g/mol. The van der Waals surface area contributed by atoms with Crippen LogP contribution in [0.2, 0.25) is 0 Å². The summed E-state index contributed by atoms with van der Waals surface area (Å²) in [5.41, 5.74) is 8.96. The first-order valence-corrected chi connectivity index (χ1v) is 12.1. The topological polar surface area (TPSA) is 121 Å². The standard InChI is InChI=1S/C24H32N8O/c25-10-8-17-4-6-18(7-5-17)32-22(16-33-30-21(26)15-31-12-2-1-3-13-31)29-20-14-28-24-19(23(20)32)9-11-27-24/h9,11,14,17-18H,1-8,12-13,15-16H2,(H2,26,30)(H,27,28)/t17-,18+. The molecule has 0 radical (unpaired) electrons. The van der Waals surface area contributed by atoms with Crippen LogP contribution in [0.15, 0.2) is 23.6 Å². The number of likely N-dealkylation sites (tertiary alicyclic amines) is 1. The van der Waals surface area contributed by atoms with Crippen LogP contribution in [-0.2, 0) is 11.4 Å². The highest BCUT2D eigenvalue weighted by Crippen LogP contribution is 2.38. The van der Waals surface area contributed by atoms with Crippen LogP contribution in [0.1, 0.15) is 63.2 Å². The molecule has 33 heavy (non-hydrogen) atoms. The number of nitrogens with zero attached hydrogens (tertiary/aromatic N) is 6. The predicted molar refractivity (Wildman–Crippen MR) is 127 cm³/mol. The molecule has 9 nitrogen and oxygen atoms in total. The van der Waals surface area contributed by atoms with Crippen molar-refractivity contribution >= 4 is 27.9 Å². The lowest BCUT2D eigenvalue weighted by Crippen LogP contribution is -2.37. The van der Waals surface area contributed by atoms with Gasteiger partial charge >= 0.3 is 0 Å². The van der Waals surface area contributed by atoms with E-state index in [1.54, 1.807) is 0 Å². The summed E-state index contributed by atoms with van der Waals surface area (Å²) < 4.78 is 2.33. The van der Waals surface area contributed by atoms with E-state index in [-0.39, 0.29) is 6.61 Å². The zero-order valence-electron chi connectivity index (χ0n) is 19.0. The minimum absolute atomic E-state index is 0.263. The van der Waals surface area contributed by atoms with E-state index >= 15 is 0 Å². The average Bonchev–Trinajstić information content (AvgIpc) is 3.45. The van der Waals surface area contributed by atoms with E-state index in [1.807, 2.05) is 12.4 Å². The molecule has 0 spiro atoms. The van der Waals surface area contributed by atoms with Crippen molar-refractivity contribution < 1.29 is 4.84 Å². The fraction of sp³-hybridized carbons (Fsp3) is 0.583. The second-order valence-electron chi connectivity index (χ2n) is 9.36. The van der Waals surface area contributed by atoms with Crippen LogP contribution in [0.4, 0.5) is 0 Å². The third kappa shape index (κ3) is 4.67. The summed E-state index contributed by atoms with van der Waals surface area (Å²) in [6.45, 7) is 3.05. The highest BCUT2D eigenvalue weighted by atomic mass is 16.6. The predicted octanol–water partition coefficient (Wildman–Crippen LogP) is 3.83. The van der Waals surface area contributed by atoms with Crippen molar-refractivity contribution in [3.63, 3.8) is 0 Å². The number of piperidine rings is 1. The molecule has 2 aliphatic rings. The minimum Gasteiger partial charge on any atom is -0.386 e. The van der Waals surface area contributed by atoms with E-state index < -0.39 is 0 Å². The lowest BCUT2D eigenvalue weighted by atomic mass is 9.84. The van der Waals surface area contributed by atoms with Gasteiger partial charge in [-0.2, -0.15) is 5.26 Å². The molecule has 1 saturated heterocycles. The third-order valence-corrected chi connectivity index (χ3v) is 7.08. The zero-order chi connectivity index (χ0) is 22.6. The minimum atomic E-state index is 0.263. The van der Waals surface area contributed by atoms with Crippen molar-refractivity contribution in [1.82, 2.24) is 24.4 Å². The Morgan fingerprint density at radius 1 is 1.24 bits per heavy atom. The van der Waals surface area contributed by atoms with Crippen LogP contribution < -0.4 is 5.73 Å². The van der Waals surface area contributed by atoms with E-state index in [9.17, 15) is 0 Å². The Morgan fingerprint density at radius 3 is 2.85 bits per heavy atom. The Labute approximate surface area is 193 Å². The maximum atomic E-state index is 9.08. The van der Waals surface area contributed by atoms with Crippen LogP contribution in [0.3, 0.4) is 0 Å². The third-order valence-electron chi connectivity index (χ3n) is 7.08. The van der Waals surface area contributed by atoms with Crippen LogP contribution >= 0.6 is 0 Å². The summed E-state index contributed by atoms with van der Waals surface area (Å²) >= 11 is 0. The van der Waals surface area contributed by atoms with Gasteiger partial charge < -0.3 is 20.1 Å². The molecule has 4 heterocycles. The molecule has 0 amide bonds. The lowest BCUT2D eigenvalue weighted by molar-refractivity contribution is 0.117. The molecule has 0 atom stereocenters. The number of rotatable bonds is 7. The van der Waals surface area contributed by atoms with E-state index in [0.29, 0.717) is 30.8 Å². The Hall–Kier alpha value is -3.12. The molecule has 9 heteroatoms. The highest BCUT2D eigenvalue weighted by molar-refractivity contribution is 6.01. The molecule has 174 valence electrons. The number of hydrogen-bond donors (Lipinski definition) is 2. The fourth-order valence-electron chi connectivity index (χ4n) is 5.42. The molecule has 3 aromatic heterocycles. The molecule has 0 aromatic carbocycles. The Bertz CT molecular complexity index is 1160. The molecule has 3 aromatic rings. The maximum absolute atomic E-state index is 9.08. The van der Waals surface area contributed by atoms with E-state index in [0.717, 1.165) is 66.7 Å². The number of pyridine rings is 1. The van der Waals surface area contributed by atoms with Gasteiger partial charge in [-0.15, -0.1) is 0 Å². The summed E-state index contributed by atoms with van der Waals surface area (Å²) in [5, 5.41) is 14.3. The quantitative estimate of drug-likeness (QED) is 0.322. The van der Waals surface area contributed by atoms with Gasteiger partial charge in [0, 0.05) is 24.0 Å². The largest absolute Gasteiger partial charge is 0.386 e. The number of amidine groups is 1. The number of fused-ring (bicyclic) bond motifs is 3. The molecule has 0 unspecified atom stereocenters. The SMILES string of the molecule is N#CC[C@H]1CC[C@@H](n2c(CO/N=C(\N)CN3CCCCC3)nc3cnc4[nH]ccc4c32)CC1. The van der Waals surface area contributed by atoms with E-state index in [2.05, 4.69) is 36.7 Å². The summed E-state index contributed by atoms with van der Waals surface area (Å²) in [4.78, 5) is 20.6. The summed E-state index contributed by atoms with van der Waals surface area (Å²) in [6.07, 6.45) is 12.3. The number of nitrogens with two attached hydrogens (primary N) is 1. The van der Waals surface area contributed by atoms with Crippen molar-refractivity contribution in [2.45, 2.75) is 64.0 Å². The number of nitrogens with one attached hydrogen (secondary N) is 1. The van der Waals surface area contributed by atoms with Gasteiger partial charge in [0.05, 0.1) is 24.3 Å². The van der Waals surface area contributed by atoms with Gasteiger partial charge in [-0.1, -0.05) is 11.6 Å². The van der Waals surface area contributed by atoms with Crippen LogP contribution in [0.25, 0.3) is 22.1 Å². The molecule has 5 rings (SSSR count). The summed E-state index contributed by atoms with van der Waals surface area (Å²) in [6, 6.07) is 4.71. The first kappa shape index (κ1) is 21.7. The van der Waals surface area contributed by atoms with Crippen molar-refractivity contribution in [1.29, 1.82) is 5.26 Å². The number of hydrogen-bond acceptors (Lipinski definition) is 6. The van der Waals surface area contributed by atoms with Crippen molar-refractivity contribution in [2.24, 2.45) is 16.8 Å². The van der Waals surface area contributed by atoms with Crippen molar-refractivity contribution in [3.8, 4) is 6.07 Å². The smallest absolute Gasteiger partial charge is 0.174 e. The van der Waals surface area contributed by atoms with Crippen LogP contribution in [0, 0.1) is 17.2 Å². The second kappa shape index (κ2) is 9.79. The van der Waals surface area contributed by atoms with Gasteiger partial charge in [-0.25, -0.2) is 9.97 Å². The molecule has 1 aliphatic heterocycles. The zero-order valence-corrected chi connectivity index (χ0v) is 19.0. The number of nitriles is 1. The molecule has 2 fully saturated rings. The average molecular weight is 449 g/mol. The number of imidazole rings is 1. The lowest BCUT2D eigenvalue weighted by Gasteiger charge is -2.29. The number of aromatic nitrogens is 4. The van der Waals surface area contributed by atoms with Gasteiger partial charge in [-0.05, 0) is 63.6 Å². The summed E-state index contributed by atoms with van der Waals surface area (Å²) in [7, 11) is 0. The molecular formula is C24H32N8O. The Kier molecular flexibility index (Phi) is 6.44. The summed E-state index contributed by atoms with van der Waals surface area (Å²) in [5.74, 6) is 1.85. The maximum Gasteiger partial charge on any atom is 0.174 e. The van der Waals surface area contributed by atoms with E-state index in [1.165, 1.54) is 19.3 Å². The van der Waals surface area contributed by atoms with Gasteiger partial charge in [0.2, 0.25) is 0 Å². The second-order valence-corrected chi connectivity index (χ2v) is 9.36. The molecule has 1 aliphatic carbocycles. The number of oxime groups is 1. The molecule has 1 saturated carbocycles. The first-order valence-electron chi connectivity index (χ1n) is 12.1. The highest BCUT2D eigenvalue weighted by Gasteiger charge is 2.27. The number of aromatic amines is 1. The van der Waals surface area contributed by atoms with Crippen molar-refractivity contribution in [2.75, 3.05) is 19.6 Å². The molecule has 3 N–H and O–H groups in total. The number of H-pyrrole nitrogens is 1.